The largest absolute Gasteiger partial charge is 0.431 e. The first kappa shape index (κ1) is 10.3. The van der Waals surface area contributed by atoms with E-state index in [1.54, 1.807) is 0 Å². The van der Waals surface area contributed by atoms with Crippen LogP contribution in [0.5, 0.6) is 0 Å². The van der Waals surface area contributed by atoms with E-state index in [4.69, 9.17) is 0 Å². The van der Waals surface area contributed by atoms with Crippen molar-refractivity contribution in [3.05, 3.63) is 0 Å². The summed E-state index contributed by atoms with van der Waals surface area (Å²) in [4.78, 5) is 0. The van der Waals surface area contributed by atoms with Crippen LogP contribution in [0, 0.1) is 5.92 Å². The summed E-state index contributed by atoms with van der Waals surface area (Å²) in [6.45, 7) is 2.90. The maximum Gasteiger partial charge on any atom is 0.431 e. The van der Waals surface area contributed by atoms with Crippen LogP contribution in [-0.2, 0) is 0 Å². The molecule has 0 unspecified atom stereocenters. The first-order valence-corrected chi connectivity index (χ1v) is 3.21. The molecule has 66 valence electrons. The fourth-order valence-corrected chi connectivity index (χ4v) is 0.640. The Morgan fingerprint density at radius 1 is 1.36 bits per heavy atom. The zero-order valence-electron chi connectivity index (χ0n) is 6.66. The van der Waals surface area contributed by atoms with Gasteiger partial charge in [-0.25, -0.2) is 0 Å². The second kappa shape index (κ2) is 3.59. The standard InChI is InChI=1S/C6H11F3N2/c1-4(2)5(11-10-3)6(7,8)9/h4,10H,1-3H3/b11-5-. The van der Waals surface area contributed by atoms with Gasteiger partial charge in [0, 0.05) is 13.0 Å². The van der Waals surface area contributed by atoms with Crippen molar-refractivity contribution in [2.45, 2.75) is 20.0 Å². The van der Waals surface area contributed by atoms with Crippen LogP contribution in [0.1, 0.15) is 13.8 Å². The van der Waals surface area contributed by atoms with Crippen LogP contribution in [0.25, 0.3) is 0 Å². The Balaban J connectivity index is 4.49. The molecule has 0 heterocycles. The van der Waals surface area contributed by atoms with Crippen LogP contribution in [0.4, 0.5) is 13.2 Å². The lowest BCUT2D eigenvalue weighted by atomic mass is 10.1. The van der Waals surface area contributed by atoms with Crippen LogP contribution in [0.3, 0.4) is 0 Å². The number of alkyl halides is 3. The molecular weight excluding hydrogens is 157 g/mol. The van der Waals surface area contributed by atoms with Crippen molar-refractivity contribution in [2.24, 2.45) is 11.0 Å². The number of hydrogen-bond acceptors (Lipinski definition) is 2. The molecule has 0 radical (unpaired) electrons. The molecule has 0 saturated heterocycles. The molecule has 0 atom stereocenters. The van der Waals surface area contributed by atoms with Crippen LogP contribution in [-0.4, -0.2) is 18.9 Å². The summed E-state index contributed by atoms with van der Waals surface area (Å²) in [6.07, 6.45) is -4.32. The predicted octanol–water partition coefficient (Wildman–Crippen LogP) is 1.78. The zero-order valence-corrected chi connectivity index (χ0v) is 6.66. The minimum atomic E-state index is -4.32. The summed E-state index contributed by atoms with van der Waals surface area (Å²) in [5, 5.41) is 3.14. The summed E-state index contributed by atoms with van der Waals surface area (Å²) in [6, 6.07) is 0. The topological polar surface area (TPSA) is 24.4 Å². The molecule has 0 fully saturated rings. The minimum absolute atomic E-state index is 0.609. The van der Waals surface area contributed by atoms with Gasteiger partial charge in [0.25, 0.3) is 0 Å². The van der Waals surface area contributed by atoms with E-state index in [0.29, 0.717) is 0 Å². The summed E-state index contributed by atoms with van der Waals surface area (Å²) in [5.41, 5.74) is 1.35. The van der Waals surface area contributed by atoms with Gasteiger partial charge in [-0.05, 0) is 0 Å². The highest BCUT2D eigenvalue weighted by Gasteiger charge is 2.37. The van der Waals surface area contributed by atoms with Gasteiger partial charge in [-0.3, -0.25) is 0 Å². The summed E-state index contributed by atoms with van der Waals surface area (Å²) < 4.78 is 36.0. The van der Waals surface area contributed by atoms with Crippen LogP contribution < -0.4 is 5.43 Å². The molecule has 0 aliphatic rings. The van der Waals surface area contributed by atoms with E-state index in [1.807, 2.05) is 0 Å². The highest BCUT2D eigenvalue weighted by molar-refractivity contribution is 5.91. The molecule has 0 aliphatic heterocycles. The van der Waals surface area contributed by atoms with Crippen molar-refractivity contribution >= 4 is 5.71 Å². The molecular formula is C6H11F3N2. The van der Waals surface area contributed by atoms with Gasteiger partial charge in [-0.15, -0.1) is 0 Å². The third-order valence-electron chi connectivity index (χ3n) is 1.07. The maximum atomic E-state index is 12.0. The molecule has 0 bridgehead atoms. The molecule has 0 amide bonds. The van der Waals surface area contributed by atoms with Crippen molar-refractivity contribution in [1.29, 1.82) is 0 Å². The van der Waals surface area contributed by atoms with Crippen LogP contribution in [0.2, 0.25) is 0 Å². The van der Waals surface area contributed by atoms with E-state index in [1.165, 1.54) is 20.9 Å². The van der Waals surface area contributed by atoms with Crippen molar-refractivity contribution in [2.75, 3.05) is 7.05 Å². The predicted molar refractivity (Wildman–Crippen MR) is 37.4 cm³/mol. The van der Waals surface area contributed by atoms with Crippen molar-refractivity contribution in [1.82, 2.24) is 5.43 Å². The lowest BCUT2D eigenvalue weighted by Crippen LogP contribution is -2.29. The molecule has 0 saturated carbocycles. The van der Waals surface area contributed by atoms with Gasteiger partial charge in [0.15, 0.2) is 0 Å². The highest BCUT2D eigenvalue weighted by Crippen LogP contribution is 2.21. The van der Waals surface area contributed by atoms with E-state index >= 15 is 0 Å². The van der Waals surface area contributed by atoms with E-state index in [2.05, 4.69) is 10.5 Å². The molecule has 0 aliphatic carbocycles. The Bertz CT molecular complexity index is 148. The molecule has 2 nitrogen and oxygen atoms in total. The monoisotopic (exact) mass is 168 g/mol. The molecule has 0 rings (SSSR count). The summed E-state index contributed by atoms with van der Waals surface area (Å²) in [5.74, 6) is -0.609. The van der Waals surface area contributed by atoms with Crippen LogP contribution >= 0.6 is 0 Å². The minimum Gasteiger partial charge on any atom is -0.313 e. The molecule has 0 aromatic rings. The van der Waals surface area contributed by atoms with Gasteiger partial charge in [0.1, 0.15) is 5.71 Å². The van der Waals surface area contributed by atoms with Gasteiger partial charge >= 0.3 is 6.18 Å². The number of nitrogens with zero attached hydrogens (tertiary/aromatic N) is 1. The molecule has 5 heteroatoms. The fourth-order valence-electron chi connectivity index (χ4n) is 0.640. The number of rotatable bonds is 2. The normalized spacial score (nSPS) is 13.9. The Hall–Kier alpha value is -0.740. The average molecular weight is 168 g/mol. The molecule has 0 spiro atoms. The van der Waals surface area contributed by atoms with Gasteiger partial charge in [-0.1, -0.05) is 13.8 Å². The van der Waals surface area contributed by atoms with Crippen LogP contribution in [0.15, 0.2) is 5.10 Å². The van der Waals surface area contributed by atoms with Gasteiger partial charge in [-0.2, -0.15) is 18.3 Å². The molecule has 11 heavy (non-hydrogen) atoms. The molecule has 1 N–H and O–H groups in total. The first-order valence-electron chi connectivity index (χ1n) is 3.21. The summed E-state index contributed by atoms with van der Waals surface area (Å²) >= 11 is 0. The maximum absolute atomic E-state index is 12.0. The Kier molecular flexibility index (Phi) is 3.35. The van der Waals surface area contributed by atoms with Gasteiger partial charge in [0.05, 0.1) is 0 Å². The number of nitrogens with one attached hydrogen (secondary N) is 1. The van der Waals surface area contributed by atoms with Crippen molar-refractivity contribution < 1.29 is 13.2 Å². The number of hydrogen-bond donors (Lipinski definition) is 1. The second-order valence-electron chi connectivity index (χ2n) is 2.37. The number of halogens is 3. The third kappa shape index (κ3) is 3.25. The van der Waals surface area contributed by atoms with E-state index in [-0.39, 0.29) is 0 Å². The first-order chi connectivity index (χ1) is 4.89. The quantitative estimate of drug-likeness (QED) is 0.493. The van der Waals surface area contributed by atoms with Gasteiger partial charge in [0.2, 0.25) is 0 Å². The molecule has 0 aromatic heterocycles. The zero-order chi connectivity index (χ0) is 9.07. The number of hydrazone groups is 1. The fraction of sp³-hybridized carbons (Fsp3) is 0.833. The average Bonchev–Trinajstić information content (AvgIpc) is 1.79. The van der Waals surface area contributed by atoms with E-state index in [9.17, 15) is 13.2 Å². The lowest BCUT2D eigenvalue weighted by Gasteiger charge is -2.12. The lowest BCUT2D eigenvalue weighted by molar-refractivity contribution is -0.0626. The highest BCUT2D eigenvalue weighted by atomic mass is 19.4. The van der Waals surface area contributed by atoms with E-state index < -0.39 is 17.8 Å². The third-order valence-corrected chi connectivity index (χ3v) is 1.07. The SMILES string of the molecule is CN/N=C(/C(C)C)C(F)(F)F. The molecule has 0 aromatic carbocycles. The van der Waals surface area contributed by atoms with E-state index in [0.717, 1.165) is 0 Å². The summed E-state index contributed by atoms with van der Waals surface area (Å²) in [7, 11) is 1.34. The Labute approximate surface area is 63.5 Å². The Morgan fingerprint density at radius 3 is 1.91 bits per heavy atom. The smallest absolute Gasteiger partial charge is 0.313 e. The van der Waals surface area contributed by atoms with Gasteiger partial charge < -0.3 is 5.43 Å². The second-order valence-corrected chi connectivity index (χ2v) is 2.37. The van der Waals surface area contributed by atoms with Crippen molar-refractivity contribution in [3.8, 4) is 0 Å². The Morgan fingerprint density at radius 2 is 1.82 bits per heavy atom. The van der Waals surface area contributed by atoms with Crippen molar-refractivity contribution in [3.63, 3.8) is 0 Å².